The number of benzene rings is 2. The first-order chi connectivity index (χ1) is 16.1. The fraction of sp³-hybridized carbons (Fsp3) is 0.0800. The second-order valence-corrected chi connectivity index (χ2v) is 8.34. The Morgan fingerprint density at radius 2 is 1.82 bits per heavy atom. The third kappa shape index (κ3) is 4.62. The highest BCUT2D eigenvalue weighted by molar-refractivity contribution is 6.33. The molecule has 33 heavy (non-hydrogen) atoms. The molecule has 164 valence electrons. The SMILES string of the molecule is Nc1cc(-c2ccc3nc(COc4cccnc4)n(Cc4cc(Cl)ccc4Cl)c3c2)ccn1. The molecule has 0 aliphatic heterocycles. The smallest absolute Gasteiger partial charge is 0.148 e. The molecule has 2 aromatic carbocycles. The monoisotopic (exact) mass is 475 g/mol. The van der Waals surface area contributed by atoms with E-state index in [4.69, 9.17) is 38.7 Å². The van der Waals surface area contributed by atoms with Crippen LogP contribution in [0.25, 0.3) is 22.2 Å². The lowest BCUT2D eigenvalue weighted by molar-refractivity contribution is 0.290. The van der Waals surface area contributed by atoms with Crippen molar-refractivity contribution in [3.8, 4) is 16.9 Å². The predicted octanol–water partition coefficient (Wildman–Crippen LogP) is 6.01. The number of nitrogens with two attached hydrogens (primary N) is 1. The molecule has 0 aliphatic carbocycles. The van der Waals surface area contributed by atoms with E-state index in [9.17, 15) is 0 Å². The second kappa shape index (κ2) is 9.10. The van der Waals surface area contributed by atoms with Gasteiger partial charge in [0, 0.05) is 22.4 Å². The number of aromatic nitrogens is 4. The first kappa shape index (κ1) is 21.2. The van der Waals surface area contributed by atoms with E-state index in [0.717, 1.165) is 33.5 Å². The molecule has 0 atom stereocenters. The van der Waals surface area contributed by atoms with Gasteiger partial charge in [-0.15, -0.1) is 0 Å². The third-order valence-corrected chi connectivity index (χ3v) is 5.88. The van der Waals surface area contributed by atoms with Crippen LogP contribution in [0.5, 0.6) is 5.75 Å². The van der Waals surface area contributed by atoms with Crippen molar-refractivity contribution >= 4 is 40.1 Å². The third-order valence-electron chi connectivity index (χ3n) is 5.28. The van der Waals surface area contributed by atoms with Gasteiger partial charge in [-0.3, -0.25) is 4.98 Å². The minimum atomic E-state index is 0.274. The zero-order valence-corrected chi connectivity index (χ0v) is 19.0. The van der Waals surface area contributed by atoms with Gasteiger partial charge in [0.1, 0.15) is 24.0 Å². The number of halogens is 2. The van der Waals surface area contributed by atoms with Gasteiger partial charge >= 0.3 is 0 Å². The number of hydrogen-bond donors (Lipinski definition) is 1. The maximum Gasteiger partial charge on any atom is 0.148 e. The summed E-state index contributed by atoms with van der Waals surface area (Å²) in [6, 6.07) is 19.0. The minimum Gasteiger partial charge on any atom is -0.484 e. The maximum atomic E-state index is 6.48. The van der Waals surface area contributed by atoms with Crippen LogP contribution < -0.4 is 10.5 Å². The summed E-state index contributed by atoms with van der Waals surface area (Å²) >= 11 is 12.7. The van der Waals surface area contributed by atoms with Crippen LogP contribution in [0.3, 0.4) is 0 Å². The molecule has 0 radical (unpaired) electrons. The van der Waals surface area contributed by atoms with Crippen molar-refractivity contribution in [3.05, 3.63) is 101 Å². The average molecular weight is 476 g/mol. The zero-order chi connectivity index (χ0) is 22.8. The van der Waals surface area contributed by atoms with Gasteiger partial charge in [-0.05, 0) is 71.3 Å². The van der Waals surface area contributed by atoms with E-state index in [-0.39, 0.29) is 6.61 Å². The standard InChI is InChI=1S/C25H19Cl2N5O/c26-19-4-5-21(27)18(10-19)14-32-23-11-16(17-7-9-30-24(28)12-17)3-6-22(23)31-25(32)15-33-20-2-1-8-29-13-20/h1-13H,14-15H2,(H2,28,30). The van der Waals surface area contributed by atoms with Gasteiger partial charge in [0.2, 0.25) is 0 Å². The highest BCUT2D eigenvalue weighted by Gasteiger charge is 2.15. The Balaban J connectivity index is 1.59. The number of ether oxygens (including phenoxy) is 1. The second-order valence-electron chi connectivity index (χ2n) is 7.50. The summed E-state index contributed by atoms with van der Waals surface area (Å²) in [5, 5.41) is 1.26. The van der Waals surface area contributed by atoms with Crippen molar-refractivity contribution in [2.75, 3.05) is 5.73 Å². The van der Waals surface area contributed by atoms with E-state index < -0.39 is 0 Å². The Morgan fingerprint density at radius 1 is 0.939 bits per heavy atom. The molecular formula is C25H19Cl2N5O. The van der Waals surface area contributed by atoms with Crippen molar-refractivity contribution in [2.45, 2.75) is 13.2 Å². The summed E-state index contributed by atoms with van der Waals surface area (Å²) in [6.45, 7) is 0.764. The number of pyridine rings is 2. The van der Waals surface area contributed by atoms with Crippen molar-refractivity contribution < 1.29 is 4.74 Å². The number of nitrogen functional groups attached to an aromatic ring is 1. The van der Waals surface area contributed by atoms with Crippen LogP contribution in [0.2, 0.25) is 10.0 Å². The molecule has 3 aromatic heterocycles. The first-order valence-electron chi connectivity index (χ1n) is 10.2. The van der Waals surface area contributed by atoms with Crippen molar-refractivity contribution in [2.24, 2.45) is 0 Å². The predicted molar refractivity (Wildman–Crippen MR) is 132 cm³/mol. The van der Waals surface area contributed by atoms with Gasteiger partial charge in [0.25, 0.3) is 0 Å². The zero-order valence-electron chi connectivity index (χ0n) is 17.5. The van der Waals surface area contributed by atoms with E-state index in [1.54, 1.807) is 30.7 Å². The van der Waals surface area contributed by atoms with Crippen LogP contribution in [-0.2, 0) is 13.2 Å². The lowest BCUT2D eigenvalue weighted by Gasteiger charge is -2.12. The van der Waals surface area contributed by atoms with Gasteiger partial charge < -0.3 is 15.0 Å². The molecule has 0 saturated heterocycles. The Kier molecular flexibility index (Phi) is 5.86. The molecule has 8 heteroatoms. The molecule has 5 rings (SSSR count). The van der Waals surface area contributed by atoms with Crippen LogP contribution in [0.15, 0.2) is 79.3 Å². The molecular weight excluding hydrogens is 457 g/mol. The molecule has 0 bridgehead atoms. The van der Waals surface area contributed by atoms with Crippen LogP contribution in [0, 0.1) is 0 Å². The summed E-state index contributed by atoms with van der Waals surface area (Å²) in [6.07, 6.45) is 5.08. The number of hydrogen-bond acceptors (Lipinski definition) is 5. The van der Waals surface area contributed by atoms with E-state index in [2.05, 4.69) is 20.6 Å². The lowest BCUT2D eigenvalue weighted by Crippen LogP contribution is -2.09. The largest absolute Gasteiger partial charge is 0.484 e. The number of fused-ring (bicyclic) bond motifs is 1. The molecule has 6 nitrogen and oxygen atoms in total. The quantitative estimate of drug-likeness (QED) is 0.325. The molecule has 5 aromatic rings. The molecule has 0 saturated carbocycles. The summed E-state index contributed by atoms with van der Waals surface area (Å²) in [5.41, 5.74) is 10.6. The van der Waals surface area contributed by atoms with Gasteiger partial charge in [-0.25, -0.2) is 9.97 Å². The number of anilines is 1. The van der Waals surface area contributed by atoms with Crippen LogP contribution in [0.1, 0.15) is 11.4 Å². The molecule has 2 N–H and O–H groups in total. The normalized spacial score (nSPS) is 11.1. The number of imidazole rings is 1. The molecule has 0 unspecified atom stereocenters. The fourth-order valence-corrected chi connectivity index (χ4v) is 4.05. The molecule has 0 fully saturated rings. The van der Waals surface area contributed by atoms with Gasteiger partial charge in [0.05, 0.1) is 23.8 Å². The topological polar surface area (TPSA) is 78.9 Å². The Morgan fingerprint density at radius 3 is 2.64 bits per heavy atom. The van der Waals surface area contributed by atoms with Gasteiger partial charge in [-0.1, -0.05) is 29.3 Å². The van der Waals surface area contributed by atoms with E-state index in [1.807, 2.05) is 42.5 Å². The number of rotatable bonds is 6. The van der Waals surface area contributed by atoms with Gasteiger partial charge in [-0.2, -0.15) is 0 Å². The number of nitrogens with zero attached hydrogens (tertiary/aromatic N) is 4. The van der Waals surface area contributed by atoms with Gasteiger partial charge in [0.15, 0.2) is 0 Å². The summed E-state index contributed by atoms with van der Waals surface area (Å²) in [5.74, 6) is 1.90. The van der Waals surface area contributed by atoms with Crippen molar-refractivity contribution in [1.29, 1.82) is 0 Å². The van der Waals surface area contributed by atoms with E-state index in [0.29, 0.717) is 28.2 Å². The molecule has 3 heterocycles. The minimum absolute atomic E-state index is 0.274. The van der Waals surface area contributed by atoms with Crippen molar-refractivity contribution in [3.63, 3.8) is 0 Å². The van der Waals surface area contributed by atoms with Crippen LogP contribution in [-0.4, -0.2) is 19.5 Å². The average Bonchev–Trinajstić information content (AvgIpc) is 3.17. The molecule has 0 spiro atoms. The lowest BCUT2D eigenvalue weighted by atomic mass is 10.1. The Hall–Kier alpha value is -3.61. The Labute approximate surface area is 200 Å². The summed E-state index contributed by atoms with van der Waals surface area (Å²) in [4.78, 5) is 13.0. The Bertz CT molecular complexity index is 1440. The highest BCUT2D eigenvalue weighted by Crippen LogP contribution is 2.29. The fourth-order valence-electron chi connectivity index (χ4n) is 3.68. The molecule has 0 amide bonds. The van der Waals surface area contributed by atoms with Crippen molar-refractivity contribution in [1.82, 2.24) is 19.5 Å². The highest BCUT2D eigenvalue weighted by atomic mass is 35.5. The van der Waals surface area contributed by atoms with Crippen LogP contribution >= 0.6 is 23.2 Å². The molecule has 0 aliphatic rings. The van der Waals surface area contributed by atoms with E-state index in [1.165, 1.54) is 0 Å². The van der Waals surface area contributed by atoms with E-state index >= 15 is 0 Å². The summed E-state index contributed by atoms with van der Waals surface area (Å²) < 4.78 is 8.05. The maximum absolute atomic E-state index is 6.48. The first-order valence-corrected chi connectivity index (χ1v) is 11.0. The summed E-state index contributed by atoms with van der Waals surface area (Å²) in [7, 11) is 0. The van der Waals surface area contributed by atoms with Crippen LogP contribution in [0.4, 0.5) is 5.82 Å².